The number of anilines is 2. The largest absolute Gasteiger partial charge is 0.336 e. The molecule has 1 N–H and O–H groups in total. The highest BCUT2D eigenvalue weighted by Gasteiger charge is 2.37. The summed E-state index contributed by atoms with van der Waals surface area (Å²) < 4.78 is 0. The summed E-state index contributed by atoms with van der Waals surface area (Å²) in [6.07, 6.45) is 2.97. The second kappa shape index (κ2) is 9.93. The van der Waals surface area contributed by atoms with Gasteiger partial charge in [-0.2, -0.15) is 0 Å². The molecule has 1 aromatic heterocycles. The van der Waals surface area contributed by atoms with Gasteiger partial charge in [-0.25, -0.2) is 0 Å². The number of hydrogen-bond acceptors (Lipinski definition) is 4. The number of aromatic nitrogens is 1. The van der Waals surface area contributed by atoms with Gasteiger partial charge < -0.3 is 15.1 Å². The lowest BCUT2D eigenvalue weighted by molar-refractivity contribution is -0.129. The van der Waals surface area contributed by atoms with Crippen LogP contribution in [0.25, 0.3) is 0 Å². The standard InChI is InChI=1S/C29H30N4O3/c1-19-6-7-20(2)22(13-19)17-33(25-9-10-26-21(14-25)8-11-27(34)31-26)29(36)23-15-28(35)32(16-23)18-24-5-3-4-12-30-24/h3-7,9-10,12-14,23H,8,11,15-18H2,1-2H3,(H,31,34). The molecule has 0 spiro atoms. The van der Waals surface area contributed by atoms with Crippen molar-refractivity contribution in [2.45, 2.75) is 46.2 Å². The van der Waals surface area contributed by atoms with Crippen molar-refractivity contribution >= 4 is 29.1 Å². The second-order valence-corrected chi connectivity index (χ2v) is 9.74. The first-order chi connectivity index (χ1) is 17.4. The molecule has 1 fully saturated rings. The zero-order chi connectivity index (χ0) is 25.2. The van der Waals surface area contributed by atoms with Crippen LogP contribution < -0.4 is 10.2 Å². The van der Waals surface area contributed by atoms with E-state index in [2.05, 4.69) is 28.5 Å². The summed E-state index contributed by atoms with van der Waals surface area (Å²) in [6.45, 7) is 5.29. The number of amides is 3. The highest BCUT2D eigenvalue weighted by atomic mass is 16.2. The van der Waals surface area contributed by atoms with Gasteiger partial charge in [-0.1, -0.05) is 29.8 Å². The number of likely N-dealkylation sites (tertiary alicyclic amines) is 1. The van der Waals surface area contributed by atoms with Gasteiger partial charge in [-0.3, -0.25) is 19.4 Å². The minimum absolute atomic E-state index is 0.0102. The van der Waals surface area contributed by atoms with E-state index in [1.807, 2.05) is 50.2 Å². The van der Waals surface area contributed by atoms with E-state index in [1.54, 1.807) is 16.0 Å². The molecule has 2 aliphatic heterocycles. The Morgan fingerprint density at radius 3 is 2.75 bits per heavy atom. The van der Waals surface area contributed by atoms with Crippen LogP contribution in [0.5, 0.6) is 0 Å². The first-order valence-corrected chi connectivity index (χ1v) is 12.4. The topological polar surface area (TPSA) is 82.6 Å². The molecule has 5 rings (SSSR count). The number of benzene rings is 2. The Morgan fingerprint density at radius 2 is 1.94 bits per heavy atom. The van der Waals surface area contributed by atoms with Gasteiger partial charge in [0, 0.05) is 37.0 Å². The minimum Gasteiger partial charge on any atom is -0.336 e. The maximum absolute atomic E-state index is 14.0. The molecular formula is C29H30N4O3. The summed E-state index contributed by atoms with van der Waals surface area (Å²) >= 11 is 0. The number of carbonyl (C=O) groups excluding carboxylic acids is 3. The van der Waals surface area contributed by atoms with Crippen molar-refractivity contribution in [1.82, 2.24) is 9.88 Å². The van der Waals surface area contributed by atoms with E-state index >= 15 is 0 Å². The predicted octanol–water partition coefficient (Wildman–Crippen LogP) is 4.17. The Bertz CT molecular complexity index is 1320. The normalized spacial score (nSPS) is 17.1. The third-order valence-electron chi connectivity index (χ3n) is 7.04. The summed E-state index contributed by atoms with van der Waals surface area (Å²) in [5.74, 6) is -0.510. The van der Waals surface area contributed by atoms with Crippen LogP contribution in [0.3, 0.4) is 0 Å². The van der Waals surface area contributed by atoms with Crippen LogP contribution in [0.4, 0.5) is 11.4 Å². The van der Waals surface area contributed by atoms with E-state index in [0.717, 1.165) is 39.3 Å². The Balaban J connectivity index is 1.43. The Hall–Kier alpha value is -4.00. The highest BCUT2D eigenvalue weighted by Crippen LogP contribution is 2.31. The van der Waals surface area contributed by atoms with E-state index in [0.29, 0.717) is 32.5 Å². The van der Waals surface area contributed by atoms with Gasteiger partial charge in [-0.05, 0) is 67.3 Å². The Morgan fingerprint density at radius 1 is 1.08 bits per heavy atom. The van der Waals surface area contributed by atoms with Crippen LogP contribution >= 0.6 is 0 Å². The Kier molecular flexibility index (Phi) is 6.55. The maximum atomic E-state index is 14.0. The van der Waals surface area contributed by atoms with Crippen molar-refractivity contribution in [2.75, 3.05) is 16.8 Å². The van der Waals surface area contributed by atoms with Crippen LogP contribution in [0, 0.1) is 19.8 Å². The summed E-state index contributed by atoms with van der Waals surface area (Å²) in [7, 11) is 0. The average molecular weight is 483 g/mol. The van der Waals surface area contributed by atoms with Crippen LogP contribution in [-0.4, -0.2) is 34.2 Å². The third-order valence-corrected chi connectivity index (χ3v) is 7.04. The first kappa shape index (κ1) is 23.7. The van der Waals surface area contributed by atoms with Crippen molar-refractivity contribution in [3.05, 3.63) is 88.7 Å². The third kappa shape index (κ3) is 5.00. The van der Waals surface area contributed by atoms with Gasteiger partial charge in [0.2, 0.25) is 17.7 Å². The molecule has 36 heavy (non-hydrogen) atoms. The molecule has 7 nitrogen and oxygen atoms in total. The number of rotatable bonds is 6. The quantitative estimate of drug-likeness (QED) is 0.572. The number of hydrogen-bond donors (Lipinski definition) is 1. The zero-order valence-corrected chi connectivity index (χ0v) is 20.7. The van der Waals surface area contributed by atoms with Crippen LogP contribution in [-0.2, 0) is 33.9 Å². The summed E-state index contributed by atoms with van der Waals surface area (Å²) in [5.41, 5.74) is 6.73. The molecule has 1 atom stereocenters. The van der Waals surface area contributed by atoms with Gasteiger partial charge in [0.25, 0.3) is 0 Å². The van der Waals surface area contributed by atoms with Crippen molar-refractivity contribution in [1.29, 1.82) is 0 Å². The van der Waals surface area contributed by atoms with E-state index in [9.17, 15) is 14.4 Å². The summed E-state index contributed by atoms with van der Waals surface area (Å²) in [6, 6.07) is 17.6. The van der Waals surface area contributed by atoms with Crippen molar-refractivity contribution in [2.24, 2.45) is 5.92 Å². The molecule has 1 unspecified atom stereocenters. The molecule has 0 aliphatic carbocycles. The second-order valence-electron chi connectivity index (χ2n) is 9.74. The summed E-state index contributed by atoms with van der Waals surface area (Å²) in [4.78, 5) is 46.5. The number of pyridine rings is 1. The summed E-state index contributed by atoms with van der Waals surface area (Å²) in [5, 5.41) is 2.91. The molecule has 3 heterocycles. The number of fused-ring (bicyclic) bond motifs is 1. The molecule has 2 aromatic carbocycles. The molecule has 7 heteroatoms. The molecule has 0 radical (unpaired) electrons. The SMILES string of the molecule is Cc1ccc(C)c(CN(C(=O)C2CC(=O)N(Cc3ccccn3)C2)c2ccc3c(c2)CCC(=O)N3)c1. The van der Waals surface area contributed by atoms with Crippen molar-refractivity contribution < 1.29 is 14.4 Å². The molecule has 0 bridgehead atoms. The van der Waals surface area contributed by atoms with Crippen molar-refractivity contribution in [3.8, 4) is 0 Å². The van der Waals surface area contributed by atoms with E-state index in [4.69, 9.17) is 0 Å². The van der Waals surface area contributed by atoms with Crippen LogP contribution in [0.1, 0.15) is 40.8 Å². The molecule has 3 amide bonds. The lowest BCUT2D eigenvalue weighted by Gasteiger charge is -2.28. The van der Waals surface area contributed by atoms with E-state index in [1.165, 1.54) is 0 Å². The zero-order valence-electron chi connectivity index (χ0n) is 20.7. The molecular weight excluding hydrogens is 452 g/mol. The smallest absolute Gasteiger partial charge is 0.232 e. The number of aryl methyl sites for hydroxylation is 3. The molecule has 2 aliphatic rings. The van der Waals surface area contributed by atoms with Crippen LogP contribution in [0.15, 0.2) is 60.8 Å². The lowest BCUT2D eigenvalue weighted by Crippen LogP contribution is -2.37. The van der Waals surface area contributed by atoms with Crippen molar-refractivity contribution in [3.63, 3.8) is 0 Å². The molecule has 0 saturated carbocycles. The highest BCUT2D eigenvalue weighted by molar-refractivity contribution is 6.00. The van der Waals surface area contributed by atoms with E-state index in [-0.39, 0.29) is 24.1 Å². The lowest BCUT2D eigenvalue weighted by atomic mass is 9.99. The van der Waals surface area contributed by atoms with Gasteiger partial charge in [0.1, 0.15) is 0 Å². The molecule has 1 saturated heterocycles. The average Bonchev–Trinajstić information content (AvgIpc) is 3.24. The number of nitrogens with zero attached hydrogens (tertiary/aromatic N) is 3. The first-order valence-electron chi connectivity index (χ1n) is 12.4. The fraction of sp³-hybridized carbons (Fsp3) is 0.310. The monoisotopic (exact) mass is 482 g/mol. The van der Waals surface area contributed by atoms with Crippen LogP contribution in [0.2, 0.25) is 0 Å². The fourth-order valence-corrected chi connectivity index (χ4v) is 4.97. The predicted molar refractivity (Wildman–Crippen MR) is 138 cm³/mol. The Labute approximate surface area is 211 Å². The number of nitrogens with one attached hydrogen (secondary N) is 1. The molecule has 3 aromatic rings. The van der Waals surface area contributed by atoms with Gasteiger partial charge in [0.15, 0.2) is 0 Å². The minimum atomic E-state index is -0.429. The molecule has 184 valence electrons. The fourth-order valence-electron chi connectivity index (χ4n) is 4.97. The van der Waals surface area contributed by atoms with Gasteiger partial charge >= 0.3 is 0 Å². The number of carbonyl (C=O) groups is 3. The maximum Gasteiger partial charge on any atom is 0.232 e. The van der Waals surface area contributed by atoms with Gasteiger partial charge in [-0.15, -0.1) is 0 Å². The van der Waals surface area contributed by atoms with E-state index < -0.39 is 5.92 Å². The van der Waals surface area contributed by atoms with Gasteiger partial charge in [0.05, 0.1) is 24.7 Å².